The van der Waals surface area contributed by atoms with Crippen molar-refractivity contribution in [3.63, 3.8) is 0 Å². The first-order valence-corrected chi connectivity index (χ1v) is 11.1. The number of aliphatic imine (C=N–C) groups is 1. The largest absolute Gasteiger partial charge is 0.475 e. The van der Waals surface area contributed by atoms with Gasteiger partial charge in [-0.15, -0.1) is 24.0 Å². The zero-order chi connectivity index (χ0) is 21.6. The predicted molar refractivity (Wildman–Crippen MR) is 138 cm³/mol. The molecule has 1 aromatic heterocycles. The number of rotatable bonds is 6. The minimum Gasteiger partial charge on any atom is -0.475 e. The molecule has 7 nitrogen and oxygen atoms in total. The van der Waals surface area contributed by atoms with E-state index in [4.69, 9.17) is 9.47 Å². The number of fused-ring (bicyclic) bond motifs is 1. The summed E-state index contributed by atoms with van der Waals surface area (Å²) in [5.41, 5.74) is 2.44. The van der Waals surface area contributed by atoms with E-state index >= 15 is 0 Å². The number of pyridine rings is 1. The van der Waals surface area contributed by atoms with E-state index < -0.39 is 0 Å². The molecule has 0 amide bonds. The Kier molecular flexibility index (Phi) is 9.12. The number of nitrogens with one attached hydrogen (secondary N) is 1. The molecule has 174 valence electrons. The number of hydrogen-bond acceptors (Lipinski definition) is 5. The highest BCUT2D eigenvalue weighted by Gasteiger charge is 2.41. The van der Waals surface area contributed by atoms with E-state index in [-0.39, 0.29) is 36.2 Å². The van der Waals surface area contributed by atoms with Crippen molar-refractivity contribution in [3.05, 3.63) is 59.8 Å². The fraction of sp³-hybridized carbons (Fsp3) is 0.500. The van der Waals surface area contributed by atoms with Crippen LogP contribution in [-0.2, 0) is 17.8 Å². The summed E-state index contributed by atoms with van der Waals surface area (Å²) in [6.07, 6.45) is 2.19. The van der Waals surface area contributed by atoms with E-state index in [9.17, 15) is 0 Å². The zero-order valence-corrected chi connectivity index (χ0v) is 21.4. The number of guanidine groups is 1. The van der Waals surface area contributed by atoms with Crippen LogP contribution in [0.5, 0.6) is 5.88 Å². The van der Waals surface area contributed by atoms with Crippen LogP contribution in [0.3, 0.4) is 0 Å². The second kappa shape index (κ2) is 11.8. The monoisotopic (exact) mass is 551 g/mol. The maximum absolute atomic E-state index is 6.11. The number of nitrogens with zero attached hydrogens (tertiary/aromatic N) is 4. The number of ether oxygens (including phenoxy) is 2. The maximum atomic E-state index is 6.11. The number of hydrogen-bond donors (Lipinski definition) is 1. The van der Waals surface area contributed by atoms with E-state index in [0.29, 0.717) is 18.5 Å². The Morgan fingerprint density at radius 2 is 2.00 bits per heavy atom. The smallest absolute Gasteiger partial charge is 0.213 e. The summed E-state index contributed by atoms with van der Waals surface area (Å²) in [6.45, 7) is 9.14. The number of aromatic nitrogens is 1. The second-order valence-electron chi connectivity index (χ2n) is 8.41. The minimum absolute atomic E-state index is 0. The quantitative estimate of drug-likeness (QED) is 0.338. The van der Waals surface area contributed by atoms with Crippen LogP contribution >= 0.6 is 24.0 Å². The Balaban J connectivity index is 0.00000289. The first kappa shape index (κ1) is 24.7. The first-order valence-electron chi connectivity index (χ1n) is 11.1. The van der Waals surface area contributed by atoms with Crippen molar-refractivity contribution in [1.29, 1.82) is 0 Å². The third-order valence-electron chi connectivity index (χ3n) is 5.76. The SMILES string of the molecule is CN=C(NCc1ccc(OC(C)C)nc1)N1CC2OCCN(Cc3ccccc3)C2C1.I. The maximum Gasteiger partial charge on any atom is 0.213 e. The number of benzene rings is 1. The molecule has 0 saturated carbocycles. The highest BCUT2D eigenvalue weighted by atomic mass is 127. The molecule has 0 bridgehead atoms. The fourth-order valence-corrected chi connectivity index (χ4v) is 4.29. The van der Waals surface area contributed by atoms with Crippen LogP contribution in [0.1, 0.15) is 25.0 Å². The van der Waals surface area contributed by atoms with E-state index in [0.717, 1.165) is 44.3 Å². The molecule has 3 heterocycles. The second-order valence-corrected chi connectivity index (χ2v) is 8.41. The van der Waals surface area contributed by atoms with Crippen LogP contribution in [0.25, 0.3) is 0 Å². The van der Waals surface area contributed by atoms with Crippen molar-refractivity contribution >= 4 is 29.9 Å². The van der Waals surface area contributed by atoms with Gasteiger partial charge in [-0.25, -0.2) is 4.98 Å². The van der Waals surface area contributed by atoms with Gasteiger partial charge in [0.05, 0.1) is 24.9 Å². The zero-order valence-electron chi connectivity index (χ0n) is 19.1. The molecule has 8 heteroatoms. The molecule has 2 fully saturated rings. The standard InChI is InChI=1S/C24H33N5O2.HI/c1-18(2)31-23-10-9-20(13-26-23)14-27-24(25-3)29-16-21-22(17-29)30-12-11-28(21)15-19-7-5-4-6-8-19;/h4-10,13,18,21-22H,11-12,14-17H2,1-3H3,(H,25,27);1H. The summed E-state index contributed by atoms with van der Waals surface area (Å²) in [6, 6.07) is 15.0. The molecule has 2 aliphatic rings. The highest BCUT2D eigenvalue weighted by Crippen LogP contribution is 2.24. The number of morpholine rings is 1. The molecule has 0 radical (unpaired) electrons. The van der Waals surface area contributed by atoms with Gasteiger partial charge < -0.3 is 19.7 Å². The van der Waals surface area contributed by atoms with Gasteiger partial charge in [-0.2, -0.15) is 0 Å². The molecule has 2 aromatic rings. The van der Waals surface area contributed by atoms with Gasteiger partial charge in [-0.3, -0.25) is 9.89 Å². The van der Waals surface area contributed by atoms with Crippen LogP contribution in [0.2, 0.25) is 0 Å². The summed E-state index contributed by atoms with van der Waals surface area (Å²) < 4.78 is 11.7. The summed E-state index contributed by atoms with van der Waals surface area (Å²) in [7, 11) is 1.84. The van der Waals surface area contributed by atoms with Crippen molar-refractivity contribution in [2.75, 3.05) is 33.3 Å². The lowest BCUT2D eigenvalue weighted by atomic mass is 10.1. The Bertz CT molecular complexity index is 862. The van der Waals surface area contributed by atoms with E-state index in [1.165, 1.54) is 5.56 Å². The highest BCUT2D eigenvalue weighted by molar-refractivity contribution is 14.0. The van der Waals surface area contributed by atoms with Crippen molar-refractivity contribution in [2.24, 2.45) is 4.99 Å². The predicted octanol–water partition coefficient (Wildman–Crippen LogP) is 3.15. The van der Waals surface area contributed by atoms with Gasteiger partial charge in [0, 0.05) is 52.0 Å². The van der Waals surface area contributed by atoms with Gasteiger partial charge in [0.1, 0.15) is 0 Å². The summed E-state index contributed by atoms with van der Waals surface area (Å²) in [4.78, 5) is 13.8. The Hall–Kier alpha value is -1.91. The molecule has 2 saturated heterocycles. The summed E-state index contributed by atoms with van der Waals surface area (Å²) in [5.74, 6) is 1.56. The average Bonchev–Trinajstić information content (AvgIpc) is 3.21. The molecular weight excluding hydrogens is 517 g/mol. The molecule has 0 spiro atoms. The lowest BCUT2D eigenvalue weighted by Gasteiger charge is -2.36. The van der Waals surface area contributed by atoms with Crippen molar-refractivity contribution in [3.8, 4) is 5.88 Å². The Morgan fingerprint density at radius 3 is 2.69 bits per heavy atom. The molecule has 32 heavy (non-hydrogen) atoms. The summed E-state index contributed by atoms with van der Waals surface area (Å²) >= 11 is 0. The number of likely N-dealkylation sites (tertiary alicyclic amines) is 1. The van der Waals surface area contributed by atoms with Crippen molar-refractivity contribution < 1.29 is 9.47 Å². The topological polar surface area (TPSA) is 62.2 Å². The van der Waals surface area contributed by atoms with Crippen LogP contribution in [0.4, 0.5) is 0 Å². The lowest BCUT2D eigenvalue weighted by molar-refractivity contribution is -0.0502. The van der Waals surface area contributed by atoms with E-state index in [1.54, 1.807) is 0 Å². The van der Waals surface area contributed by atoms with Gasteiger partial charge >= 0.3 is 0 Å². The molecule has 4 rings (SSSR count). The molecule has 2 unspecified atom stereocenters. The molecule has 2 atom stereocenters. The number of halogens is 1. The first-order chi connectivity index (χ1) is 15.1. The fourth-order valence-electron chi connectivity index (χ4n) is 4.29. The van der Waals surface area contributed by atoms with E-state index in [2.05, 4.69) is 55.4 Å². The summed E-state index contributed by atoms with van der Waals surface area (Å²) in [5, 5.41) is 3.48. The van der Waals surface area contributed by atoms with Gasteiger partial charge in [0.25, 0.3) is 0 Å². The van der Waals surface area contributed by atoms with Crippen molar-refractivity contribution in [2.45, 2.75) is 45.2 Å². The normalized spacial score (nSPS) is 21.2. The van der Waals surface area contributed by atoms with Crippen LogP contribution in [0, 0.1) is 0 Å². The Morgan fingerprint density at radius 1 is 1.19 bits per heavy atom. The minimum atomic E-state index is 0. The molecule has 1 aromatic carbocycles. The van der Waals surface area contributed by atoms with Crippen LogP contribution in [-0.4, -0.2) is 72.3 Å². The van der Waals surface area contributed by atoms with Gasteiger partial charge in [0.2, 0.25) is 5.88 Å². The Labute approximate surface area is 208 Å². The lowest BCUT2D eigenvalue weighted by Crippen LogP contribution is -2.50. The van der Waals surface area contributed by atoms with Crippen LogP contribution < -0.4 is 10.1 Å². The van der Waals surface area contributed by atoms with E-state index in [1.807, 2.05) is 39.2 Å². The van der Waals surface area contributed by atoms with Gasteiger partial charge in [-0.05, 0) is 25.0 Å². The van der Waals surface area contributed by atoms with Gasteiger partial charge in [-0.1, -0.05) is 36.4 Å². The molecule has 1 N–H and O–H groups in total. The molecule has 2 aliphatic heterocycles. The molecular formula is C24H34IN5O2. The third kappa shape index (κ3) is 6.32. The van der Waals surface area contributed by atoms with Gasteiger partial charge in [0.15, 0.2) is 5.96 Å². The molecule has 0 aliphatic carbocycles. The third-order valence-corrected chi connectivity index (χ3v) is 5.76. The average molecular weight is 551 g/mol. The van der Waals surface area contributed by atoms with Crippen molar-refractivity contribution in [1.82, 2.24) is 20.1 Å². The van der Waals surface area contributed by atoms with Crippen LogP contribution in [0.15, 0.2) is 53.7 Å².